The van der Waals surface area contributed by atoms with Crippen LogP contribution in [0, 0.1) is 0 Å². The van der Waals surface area contributed by atoms with Crippen molar-refractivity contribution in [1.82, 2.24) is 4.31 Å². The van der Waals surface area contributed by atoms with E-state index in [0.29, 0.717) is 4.31 Å². The maximum atomic E-state index is 12.2. The van der Waals surface area contributed by atoms with E-state index in [1.807, 2.05) is 0 Å². The van der Waals surface area contributed by atoms with E-state index in [9.17, 15) is 22.0 Å². The molecule has 0 rings (SSSR count). The van der Waals surface area contributed by atoms with Crippen LogP contribution < -0.4 is 0 Å². The van der Waals surface area contributed by atoms with Crippen molar-refractivity contribution in [1.29, 1.82) is 0 Å². The van der Waals surface area contributed by atoms with E-state index in [0.717, 1.165) is 0 Å². The zero-order valence-electron chi connectivity index (χ0n) is 10.0. The molecule has 0 saturated carbocycles. The van der Waals surface area contributed by atoms with E-state index < -0.39 is 41.3 Å². The molecule has 0 aromatic rings. The van der Waals surface area contributed by atoms with Crippen molar-refractivity contribution in [3.8, 4) is 0 Å². The predicted molar refractivity (Wildman–Crippen MR) is 59.7 cm³/mol. The fourth-order valence-corrected chi connectivity index (χ4v) is 2.71. The Morgan fingerprint density at radius 3 is 2.50 bits per heavy atom. The lowest BCUT2D eigenvalue weighted by atomic mass is 10.3. The minimum Gasteiger partial charge on any atom is -0.469 e. The fraction of sp³-hybridized carbons (Fsp3) is 0.889. The van der Waals surface area contributed by atoms with E-state index >= 15 is 0 Å². The van der Waals surface area contributed by atoms with Crippen molar-refractivity contribution in [3.63, 3.8) is 0 Å². The number of esters is 1. The molecule has 0 heterocycles. The van der Waals surface area contributed by atoms with Crippen LogP contribution in [0.1, 0.15) is 12.8 Å². The third-order valence-corrected chi connectivity index (χ3v) is 4.02. The van der Waals surface area contributed by atoms with E-state index in [4.69, 9.17) is 5.11 Å². The van der Waals surface area contributed by atoms with Gasteiger partial charge in [0.2, 0.25) is 10.0 Å². The average Bonchev–Trinajstić information content (AvgIpc) is 2.27. The lowest BCUT2D eigenvalue weighted by molar-refractivity contribution is -0.140. The molecule has 1 N–H and O–H groups in total. The normalized spacial score (nSPS) is 12.1. The molecule has 6 nitrogen and oxygen atoms in total. The van der Waals surface area contributed by atoms with Crippen LogP contribution in [-0.4, -0.2) is 62.8 Å². The number of hydrogen-bond donors (Lipinski definition) is 1. The molecule has 0 aliphatic heterocycles. The summed E-state index contributed by atoms with van der Waals surface area (Å²) in [5.41, 5.74) is 0. The highest BCUT2D eigenvalue weighted by atomic mass is 32.2. The molecule has 0 aliphatic rings. The molecule has 0 aromatic heterocycles. The maximum absolute atomic E-state index is 12.2. The first-order valence-corrected chi connectivity index (χ1v) is 6.88. The molecular formula is C9H17F2NO5S. The summed E-state index contributed by atoms with van der Waals surface area (Å²) in [6, 6.07) is 0. The van der Waals surface area contributed by atoms with Crippen molar-refractivity contribution >= 4 is 16.0 Å². The van der Waals surface area contributed by atoms with Gasteiger partial charge in [0.15, 0.2) is 0 Å². The first-order valence-electron chi connectivity index (χ1n) is 5.27. The number of carbonyl (C=O) groups excluding carboxylic acids is 1. The molecule has 0 fully saturated rings. The molecule has 0 unspecified atom stereocenters. The number of nitrogens with zero attached hydrogens (tertiary/aromatic N) is 1. The molecule has 0 amide bonds. The number of sulfonamides is 1. The number of halogens is 2. The third-order valence-electron chi connectivity index (χ3n) is 2.10. The molecular weight excluding hydrogens is 272 g/mol. The summed E-state index contributed by atoms with van der Waals surface area (Å²) >= 11 is 0. The van der Waals surface area contributed by atoms with Crippen LogP contribution in [0.25, 0.3) is 0 Å². The molecule has 0 saturated heterocycles. The molecule has 0 atom stereocenters. The largest absolute Gasteiger partial charge is 0.469 e. The second-order valence-electron chi connectivity index (χ2n) is 3.47. The van der Waals surface area contributed by atoms with Gasteiger partial charge in [-0.2, -0.15) is 4.31 Å². The second-order valence-corrected chi connectivity index (χ2v) is 5.56. The van der Waals surface area contributed by atoms with Crippen LogP contribution in [0.15, 0.2) is 0 Å². The Morgan fingerprint density at radius 2 is 2.06 bits per heavy atom. The van der Waals surface area contributed by atoms with Crippen molar-refractivity contribution in [2.45, 2.75) is 19.3 Å². The Bertz CT molecular complexity index is 347. The number of aliphatic hydroxyl groups is 1. The number of rotatable bonds is 9. The van der Waals surface area contributed by atoms with Crippen LogP contribution >= 0.6 is 0 Å². The van der Waals surface area contributed by atoms with Crippen molar-refractivity contribution < 1.29 is 31.8 Å². The Morgan fingerprint density at radius 1 is 1.44 bits per heavy atom. The standard InChI is InChI=1S/C9H17F2NO5S/c1-17-9(14)3-2-6-18(15,16)12(4-5-13)7-8(10)11/h8,13H,2-7H2,1H3. The minimum atomic E-state index is -3.90. The van der Waals surface area contributed by atoms with Gasteiger partial charge in [0.1, 0.15) is 0 Å². The number of aliphatic hydroxyl groups excluding tert-OH is 1. The number of alkyl halides is 2. The van der Waals surface area contributed by atoms with E-state index in [1.165, 1.54) is 7.11 Å². The Labute approximate surface area is 105 Å². The summed E-state index contributed by atoms with van der Waals surface area (Å²) in [5.74, 6) is -0.998. The molecule has 108 valence electrons. The van der Waals surface area contributed by atoms with E-state index in [-0.39, 0.29) is 19.4 Å². The Hall–Kier alpha value is -0.800. The predicted octanol–water partition coefficient (Wildman–Crippen LogP) is -0.171. The van der Waals surface area contributed by atoms with E-state index in [1.54, 1.807) is 0 Å². The Balaban J connectivity index is 4.40. The summed E-state index contributed by atoms with van der Waals surface area (Å²) in [6.07, 6.45) is -2.93. The van der Waals surface area contributed by atoms with Crippen molar-refractivity contribution in [3.05, 3.63) is 0 Å². The highest BCUT2D eigenvalue weighted by Gasteiger charge is 2.24. The second kappa shape index (κ2) is 8.33. The van der Waals surface area contributed by atoms with Gasteiger partial charge in [-0.15, -0.1) is 0 Å². The summed E-state index contributed by atoms with van der Waals surface area (Å²) in [4.78, 5) is 10.8. The summed E-state index contributed by atoms with van der Waals surface area (Å²) < 4.78 is 52.5. The van der Waals surface area contributed by atoms with Gasteiger partial charge in [-0.25, -0.2) is 17.2 Å². The highest BCUT2D eigenvalue weighted by Crippen LogP contribution is 2.08. The number of ether oxygens (including phenoxy) is 1. The topological polar surface area (TPSA) is 83.9 Å². The molecule has 0 aliphatic carbocycles. The summed E-state index contributed by atoms with van der Waals surface area (Å²) in [6.45, 7) is -1.88. The molecule has 0 bridgehead atoms. The van der Waals surface area contributed by atoms with Gasteiger partial charge in [-0.05, 0) is 6.42 Å². The van der Waals surface area contributed by atoms with Gasteiger partial charge in [-0.1, -0.05) is 0 Å². The third kappa shape index (κ3) is 6.82. The van der Waals surface area contributed by atoms with Gasteiger partial charge < -0.3 is 9.84 Å². The first-order chi connectivity index (χ1) is 8.33. The zero-order valence-corrected chi connectivity index (χ0v) is 10.8. The van der Waals surface area contributed by atoms with Crippen LogP contribution in [0.5, 0.6) is 0 Å². The average molecular weight is 289 g/mol. The summed E-state index contributed by atoms with van der Waals surface area (Å²) in [5, 5.41) is 8.64. The molecule has 0 aromatic carbocycles. The minimum absolute atomic E-state index is 0.0137. The number of methoxy groups -OCH3 is 1. The number of hydrogen-bond acceptors (Lipinski definition) is 5. The lowest BCUT2D eigenvalue weighted by Crippen LogP contribution is -2.38. The van der Waals surface area contributed by atoms with E-state index in [2.05, 4.69) is 4.74 Å². The molecule has 9 heteroatoms. The smallest absolute Gasteiger partial charge is 0.305 e. The van der Waals surface area contributed by atoms with Gasteiger partial charge in [-0.3, -0.25) is 4.79 Å². The lowest BCUT2D eigenvalue weighted by Gasteiger charge is -2.20. The fourth-order valence-electron chi connectivity index (χ4n) is 1.24. The SMILES string of the molecule is COC(=O)CCCS(=O)(=O)N(CCO)CC(F)F. The highest BCUT2D eigenvalue weighted by molar-refractivity contribution is 7.89. The van der Waals surface area contributed by atoms with Gasteiger partial charge in [0.05, 0.1) is 26.0 Å². The molecule has 0 spiro atoms. The first kappa shape index (κ1) is 17.2. The van der Waals surface area contributed by atoms with Crippen molar-refractivity contribution in [2.75, 3.05) is 32.6 Å². The van der Waals surface area contributed by atoms with Gasteiger partial charge in [0, 0.05) is 13.0 Å². The Kier molecular flexibility index (Phi) is 7.96. The quantitative estimate of drug-likeness (QED) is 0.596. The van der Waals surface area contributed by atoms with Crippen LogP contribution in [0.3, 0.4) is 0 Å². The molecule has 18 heavy (non-hydrogen) atoms. The zero-order chi connectivity index (χ0) is 14.2. The van der Waals surface area contributed by atoms with Crippen molar-refractivity contribution in [2.24, 2.45) is 0 Å². The van der Waals surface area contributed by atoms with Crippen LogP contribution in [0.2, 0.25) is 0 Å². The van der Waals surface area contributed by atoms with Gasteiger partial charge in [0.25, 0.3) is 6.43 Å². The summed E-state index contributed by atoms with van der Waals surface area (Å²) in [7, 11) is -2.73. The maximum Gasteiger partial charge on any atom is 0.305 e. The monoisotopic (exact) mass is 289 g/mol. The number of carbonyl (C=O) groups is 1. The molecule has 0 radical (unpaired) electrons. The van der Waals surface area contributed by atoms with Gasteiger partial charge >= 0.3 is 5.97 Å². The van der Waals surface area contributed by atoms with Crippen LogP contribution in [-0.2, 0) is 19.6 Å². The van der Waals surface area contributed by atoms with Crippen LogP contribution in [0.4, 0.5) is 8.78 Å².